The number of unbranched alkanes of at least 4 members (excludes halogenated alkanes) is 2. The fraction of sp³-hybridized carbons (Fsp3) is 0.833. The molecular formula is C12H25O3P. The fourth-order valence-electron chi connectivity index (χ4n) is 1.10. The highest BCUT2D eigenvalue weighted by atomic mass is 31.2. The molecule has 0 atom stereocenters. The molecular weight excluding hydrogens is 223 g/mol. The molecule has 0 unspecified atom stereocenters. The van der Waals surface area contributed by atoms with Gasteiger partial charge in [0, 0.05) is 5.82 Å². The van der Waals surface area contributed by atoms with Gasteiger partial charge in [-0.25, -0.2) is 0 Å². The van der Waals surface area contributed by atoms with Crippen LogP contribution in [0.1, 0.15) is 53.4 Å². The van der Waals surface area contributed by atoms with Crippen LogP contribution < -0.4 is 0 Å². The van der Waals surface area contributed by atoms with E-state index in [-0.39, 0.29) is 0 Å². The molecule has 0 fully saturated rings. The van der Waals surface area contributed by atoms with Gasteiger partial charge in [0.1, 0.15) is 0 Å². The molecule has 0 aromatic heterocycles. The van der Waals surface area contributed by atoms with Crippen molar-refractivity contribution < 1.29 is 13.6 Å². The lowest BCUT2D eigenvalue weighted by atomic mass is 10.4. The average molecular weight is 248 g/mol. The summed E-state index contributed by atoms with van der Waals surface area (Å²) in [5.41, 5.74) is 0.969. The molecule has 16 heavy (non-hydrogen) atoms. The Balaban J connectivity index is 4.26. The molecule has 0 aliphatic rings. The highest BCUT2D eigenvalue weighted by Crippen LogP contribution is 2.50. The number of hydrogen-bond acceptors (Lipinski definition) is 3. The lowest BCUT2D eigenvalue weighted by molar-refractivity contribution is 0.207. The first-order chi connectivity index (χ1) is 7.54. The van der Waals surface area contributed by atoms with E-state index < -0.39 is 7.60 Å². The maximum absolute atomic E-state index is 12.3. The van der Waals surface area contributed by atoms with Crippen LogP contribution in [0.25, 0.3) is 0 Å². The van der Waals surface area contributed by atoms with E-state index in [0.29, 0.717) is 13.2 Å². The third-order valence-electron chi connectivity index (χ3n) is 1.95. The van der Waals surface area contributed by atoms with Gasteiger partial charge in [0.25, 0.3) is 0 Å². The summed E-state index contributed by atoms with van der Waals surface area (Å²) >= 11 is 0. The molecule has 0 rings (SSSR count). The molecule has 0 aromatic carbocycles. The van der Waals surface area contributed by atoms with Crippen LogP contribution >= 0.6 is 7.60 Å². The number of rotatable bonds is 9. The Bertz CT molecular complexity index is 231. The van der Waals surface area contributed by atoms with E-state index in [1.165, 1.54) is 0 Å². The molecule has 0 radical (unpaired) electrons. The molecule has 0 aliphatic carbocycles. The standard InChI is InChI=1S/C12H25O3P/c1-5-7-9-14-16(13,11-12(3)4)15-10-8-6-2/h11H,5-10H2,1-4H3. The molecule has 0 saturated heterocycles. The lowest BCUT2D eigenvalue weighted by Crippen LogP contribution is -1.97. The summed E-state index contributed by atoms with van der Waals surface area (Å²) in [6.45, 7) is 8.96. The zero-order valence-electron chi connectivity index (χ0n) is 11.0. The molecule has 0 heterocycles. The van der Waals surface area contributed by atoms with Crippen LogP contribution in [0.4, 0.5) is 0 Å². The van der Waals surface area contributed by atoms with Crippen LogP contribution in [0.15, 0.2) is 11.4 Å². The summed E-state index contributed by atoms with van der Waals surface area (Å²) in [7, 11) is -3.00. The molecule has 0 aromatic rings. The highest BCUT2D eigenvalue weighted by Gasteiger charge is 2.20. The Morgan fingerprint density at radius 3 is 1.81 bits per heavy atom. The summed E-state index contributed by atoms with van der Waals surface area (Å²) in [5.74, 6) is 1.62. The van der Waals surface area contributed by atoms with E-state index in [1.807, 2.05) is 13.8 Å². The number of hydrogen-bond donors (Lipinski definition) is 0. The van der Waals surface area contributed by atoms with Crippen molar-refractivity contribution in [2.45, 2.75) is 53.4 Å². The van der Waals surface area contributed by atoms with E-state index in [9.17, 15) is 4.57 Å². The molecule has 0 aliphatic heterocycles. The zero-order chi connectivity index (χ0) is 12.4. The van der Waals surface area contributed by atoms with Gasteiger partial charge >= 0.3 is 7.60 Å². The molecule has 3 nitrogen and oxygen atoms in total. The van der Waals surface area contributed by atoms with Crippen molar-refractivity contribution in [3.05, 3.63) is 11.4 Å². The summed E-state index contributed by atoms with van der Waals surface area (Å²) in [6.07, 6.45) is 3.89. The quantitative estimate of drug-likeness (QED) is 0.437. The van der Waals surface area contributed by atoms with Crippen molar-refractivity contribution in [2.24, 2.45) is 0 Å². The predicted octanol–water partition coefficient (Wildman–Crippen LogP) is 4.74. The normalized spacial score (nSPS) is 11.5. The molecule has 0 N–H and O–H groups in total. The summed E-state index contributed by atoms with van der Waals surface area (Å²) in [5, 5.41) is 0. The van der Waals surface area contributed by atoms with Crippen molar-refractivity contribution in [3.8, 4) is 0 Å². The summed E-state index contributed by atoms with van der Waals surface area (Å²) in [6, 6.07) is 0. The van der Waals surface area contributed by atoms with Crippen molar-refractivity contribution in [3.63, 3.8) is 0 Å². The second kappa shape index (κ2) is 8.98. The predicted molar refractivity (Wildman–Crippen MR) is 68.8 cm³/mol. The molecule has 0 spiro atoms. The van der Waals surface area contributed by atoms with Gasteiger partial charge in [-0.1, -0.05) is 32.3 Å². The van der Waals surface area contributed by atoms with Crippen molar-refractivity contribution in [1.29, 1.82) is 0 Å². The Hall–Kier alpha value is -0.110. The van der Waals surface area contributed by atoms with E-state index in [4.69, 9.17) is 9.05 Å². The van der Waals surface area contributed by atoms with Crippen LogP contribution in [-0.4, -0.2) is 13.2 Å². The summed E-state index contributed by atoms with van der Waals surface area (Å²) < 4.78 is 23.0. The third kappa shape index (κ3) is 8.09. The van der Waals surface area contributed by atoms with Crippen LogP contribution in [0.5, 0.6) is 0 Å². The first-order valence-corrected chi connectivity index (χ1v) is 7.70. The Morgan fingerprint density at radius 1 is 1.06 bits per heavy atom. The Labute approximate surface area is 99.8 Å². The molecule has 96 valence electrons. The largest absolute Gasteiger partial charge is 0.354 e. The highest BCUT2D eigenvalue weighted by molar-refractivity contribution is 7.57. The van der Waals surface area contributed by atoms with Crippen LogP contribution in [0.2, 0.25) is 0 Å². The van der Waals surface area contributed by atoms with Crippen molar-refractivity contribution in [1.82, 2.24) is 0 Å². The Morgan fingerprint density at radius 2 is 1.50 bits per heavy atom. The first kappa shape index (κ1) is 15.9. The SMILES string of the molecule is CCCCOP(=O)(C=C(C)C)OCCCC. The van der Waals surface area contributed by atoms with Crippen LogP contribution in [0.3, 0.4) is 0 Å². The van der Waals surface area contributed by atoms with Crippen molar-refractivity contribution in [2.75, 3.05) is 13.2 Å². The van der Waals surface area contributed by atoms with Gasteiger partial charge in [0.2, 0.25) is 0 Å². The minimum Gasteiger partial charge on any atom is -0.306 e. The van der Waals surface area contributed by atoms with Gasteiger partial charge in [-0.15, -0.1) is 0 Å². The Kier molecular flexibility index (Phi) is 8.91. The first-order valence-electron chi connectivity index (χ1n) is 6.09. The van der Waals surface area contributed by atoms with E-state index in [1.54, 1.807) is 5.82 Å². The van der Waals surface area contributed by atoms with E-state index >= 15 is 0 Å². The summed E-state index contributed by atoms with van der Waals surface area (Å²) in [4.78, 5) is 0. The van der Waals surface area contributed by atoms with Crippen LogP contribution in [0, 0.1) is 0 Å². The topological polar surface area (TPSA) is 35.5 Å². The maximum atomic E-state index is 12.3. The molecule has 0 amide bonds. The zero-order valence-corrected chi connectivity index (χ0v) is 11.9. The fourth-order valence-corrected chi connectivity index (χ4v) is 2.72. The van der Waals surface area contributed by atoms with Gasteiger partial charge in [-0.05, 0) is 26.7 Å². The van der Waals surface area contributed by atoms with Crippen molar-refractivity contribution >= 4 is 7.60 Å². The van der Waals surface area contributed by atoms with Gasteiger partial charge in [-0.2, -0.15) is 0 Å². The lowest BCUT2D eigenvalue weighted by Gasteiger charge is -2.15. The van der Waals surface area contributed by atoms with Crippen LogP contribution in [-0.2, 0) is 13.6 Å². The average Bonchev–Trinajstić information content (AvgIpc) is 2.17. The molecule has 4 heteroatoms. The smallest absolute Gasteiger partial charge is 0.306 e. The second-order valence-corrected chi connectivity index (χ2v) is 5.97. The van der Waals surface area contributed by atoms with Gasteiger partial charge < -0.3 is 9.05 Å². The van der Waals surface area contributed by atoms with Gasteiger partial charge in [-0.3, -0.25) is 4.57 Å². The van der Waals surface area contributed by atoms with E-state index in [2.05, 4.69) is 13.8 Å². The third-order valence-corrected chi connectivity index (χ3v) is 3.87. The van der Waals surface area contributed by atoms with Gasteiger partial charge in [0.15, 0.2) is 0 Å². The maximum Gasteiger partial charge on any atom is 0.354 e. The molecule has 0 saturated carbocycles. The van der Waals surface area contributed by atoms with E-state index in [0.717, 1.165) is 31.3 Å². The second-order valence-electron chi connectivity index (χ2n) is 4.12. The molecule has 0 bridgehead atoms. The minimum absolute atomic E-state index is 0.504. The monoisotopic (exact) mass is 248 g/mol. The van der Waals surface area contributed by atoms with Gasteiger partial charge in [0.05, 0.1) is 13.2 Å². The number of allylic oxidation sites excluding steroid dienone is 1. The minimum atomic E-state index is -3.00.